The zero-order valence-electron chi connectivity index (χ0n) is 17.7. The van der Waals surface area contributed by atoms with Crippen LogP contribution in [0.25, 0.3) is 11.1 Å². The van der Waals surface area contributed by atoms with Crippen molar-refractivity contribution in [2.75, 3.05) is 6.61 Å². The molecule has 2 aromatic rings. The lowest BCUT2D eigenvalue weighted by Crippen LogP contribution is -2.15. The summed E-state index contributed by atoms with van der Waals surface area (Å²) < 4.78 is 6.18. The molecule has 0 aliphatic heterocycles. The molecule has 3 rings (SSSR count). The Morgan fingerprint density at radius 2 is 1.42 bits per heavy atom. The van der Waals surface area contributed by atoms with Crippen molar-refractivity contribution in [3.63, 3.8) is 0 Å². The third-order valence-corrected chi connectivity index (χ3v) is 5.85. The first-order valence-corrected chi connectivity index (χ1v) is 10.9. The zero-order chi connectivity index (χ0) is 22.2. The quantitative estimate of drug-likeness (QED) is 0.491. The highest BCUT2D eigenvalue weighted by Crippen LogP contribution is 2.38. The van der Waals surface area contributed by atoms with Crippen molar-refractivity contribution < 1.29 is 29.6 Å². The average molecular weight is 427 g/mol. The maximum atomic E-state index is 11.0. The van der Waals surface area contributed by atoms with Gasteiger partial charge < -0.3 is 20.1 Å². The normalized spacial score (nSPS) is 14.3. The Morgan fingerprint density at radius 1 is 0.839 bits per heavy atom. The van der Waals surface area contributed by atoms with Crippen molar-refractivity contribution >= 4 is 11.9 Å². The fourth-order valence-electron chi connectivity index (χ4n) is 4.09. The van der Waals surface area contributed by atoms with Crippen LogP contribution in [0.15, 0.2) is 36.4 Å². The number of ether oxygens (including phenoxy) is 1. The van der Waals surface area contributed by atoms with E-state index in [-0.39, 0.29) is 18.6 Å². The first-order chi connectivity index (χ1) is 14.9. The van der Waals surface area contributed by atoms with Crippen molar-refractivity contribution in [1.29, 1.82) is 0 Å². The molecular formula is C25H30O6. The predicted molar refractivity (Wildman–Crippen MR) is 118 cm³/mol. The fourth-order valence-corrected chi connectivity index (χ4v) is 4.09. The van der Waals surface area contributed by atoms with Gasteiger partial charge in [-0.05, 0) is 67.0 Å². The highest BCUT2D eigenvalue weighted by Gasteiger charge is 2.17. The Morgan fingerprint density at radius 3 is 2.03 bits per heavy atom. The third kappa shape index (κ3) is 6.74. The molecule has 0 aromatic heterocycles. The van der Waals surface area contributed by atoms with Crippen molar-refractivity contribution in [3.05, 3.63) is 47.5 Å². The summed E-state index contributed by atoms with van der Waals surface area (Å²) in [7, 11) is 0. The van der Waals surface area contributed by atoms with E-state index in [1.165, 1.54) is 19.3 Å². The minimum atomic E-state index is -0.873. The van der Waals surface area contributed by atoms with E-state index in [2.05, 4.69) is 0 Å². The Balaban J connectivity index is 1.90. The SMILES string of the molecule is O=C(O)CCc1ccc(O)c(-c2cc(CCC(=O)O)ccc2OCC2CCCCC2)c1. The molecule has 1 fully saturated rings. The molecule has 1 aliphatic carbocycles. The summed E-state index contributed by atoms with van der Waals surface area (Å²) in [6.07, 6.45) is 6.80. The first kappa shape index (κ1) is 22.7. The van der Waals surface area contributed by atoms with Crippen LogP contribution in [0.1, 0.15) is 56.1 Å². The summed E-state index contributed by atoms with van der Waals surface area (Å²) >= 11 is 0. The van der Waals surface area contributed by atoms with Gasteiger partial charge in [0.15, 0.2) is 0 Å². The fraction of sp³-hybridized carbons (Fsp3) is 0.440. The van der Waals surface area contributed by atoms with Gasteiger partial charge in [0, 0.05) is 24.0 Å². The smallest absolute Gasteiger partial charge is 0.303 e. The van der Waals surface area contributed by atoms with Gasteiger partial charge in [0.2, 0.25) is 0 Å². The van der Waals surface area contributed by atoms with Gasteiger partial charge in [0.05, 0.1) is 6.61 Å². The van der Waals surface area contributed by atoms with Crippen LogP contribution in [0.2, 0.25) is 0 Å². The second-order valence-electron chi connectivity index (χ2n) is 8.28. The number of hydrogen-bond acceptors (Lipinski definition) is 4. The topological polar surface area (TPSA) is 104 Å². The number of hydrogen-bond donors (Lipinski definition) is 3. The van der Waals surface area contributed by atoms with E-state index in [1.54, 1.807) is 18.2 Å². The molecule has 31 heavy (non-hydrogen) atoms. The largest absolute Gasteiger partial charge is 0.507 e. The van der Waals surface area contributed by atoms with Crippen LogP contribution in [0.4, 0.5) is 0 Å². The molecule has 0 unspecified atom stereocenters. The summed E-state index contributed by atoms with van der Waals surface area (Å²) in [5.74, 6) is -0.490. The number of phenols is 1. The monoisotopic (exact) mass is 426 g/mol. The first-order valence-electron chi connectivity index (χ1n) is 10.9. The average Bonchev–Trinajstić information content (AvgIpc) is 2.76. The molecule has 166 valence electrons. The number of carbonyl (C=O) groups is 2. The van der Waals surface area contributed by atoms with E-state index < -0.39 is 11.9 Å². The number of phenolic OH excluding ortho intramolecular Hbond substituents is 1. The highest BCUT2D eigenvalue weighted by atomic mass is 16.5. The number of aromatic hydroxyl groups is 1. The van der Waals surface area contributed by atoms with Gasteiger partial charge in [0.25, 0.3) is 0 Å². The van der Waals surface area contributed by atoms with Crippen LogP contribution in [0, 0.1) is 5.92 Å². The van der Waals surface area contributed by atoms with Gasteiger partial charge in [-0.3, -0.25) is 9.59 Å². The van der Waals surface area contributed by atoms with Crippen molar-refractivity contribution in [2.45, 2.75) is 57.8 Å². The Kier molecular flexibility index (Phi) is 7.93. The number of carboxylic acid groups (broad SMARTS) is 2. The molecule has 0 atom stereocenters. The molecular weight excluding hydrogens is 396 g/mol. The lowest BCUT2D eigenvalue weighted by atomic mass is 9.90. The number of carboxylic acids is 2. The molecule has 0 amide bonds. The summed E-state index contributed by atoms with van der Waals surface area (Å²) in [5.41, 5.74) is 2.93. The number of benzene rings is 2. The van der Waals surface area contributed by atoms with E-state index in [4.69, 9.17) is 14.9 Å². The van der Waals surface area contributed by atoms with Gasteiger partial charge in [-0.15, -0.1) is 0 Å². The van der Waals surface area contributed by atoms with Gasteiger partial charge in [-0.25, -0.2) is 0 Å². The van der Waals surface area contributed by atoms with Crippen molar-refractivity contribution in [3.8, 4) is 22.6 Å². The molecule has 1 saturated carbocycles. The molecule has 1 aliphatic rings. The molecule has 6 heteroatoms. The summed E-state index contributed by atoms with van der Waals surface area (Å²) in [6, 6.07) is 10.7. The van der Waals surface area contributed by atoms with Gasteiger partial charge in [-0.2, -0.15) is 0 Å². The molecule has 0 bridgehead atoms. The molecule has 2 aromatic carbocycles. The molecule has 0 spiro atoms. The van der Waals surface area contributed by atoms with Gasteiger partial charge in [0.1, 0.15) is 11.5 Å². The summed E-state index contributed by atoms with van der Waals surface area (Å²) in [5, 5.41) is 28.5. The van der Waals surface area contributed by atoms with Crippen molar-refractivity contribution in [1.82, 2.24) is 0 Å². The third-order valence-electron chi connectivity index (χ3n) is 5.85. The van der Waals surface area contributed by atoms with Crippen LogP contribution in [-0.2, 0) is 22.4 Å². The van der Waals surface area contributed by atoms with Gasteiger partial charge >= 0.3 is 11.9 Å². The second-order valence-corrected chi connectivity index (χ2v) is 8.28. The molecule has 6 nitrogen and oxygen atoms in total. The van der Waals surface area contributed by atoms with Crippen molar-refractivity contribution in [2.24, 2.45) is 5.92 Å². The van der Waals surface area contributed by atoms with Crippen LogP contribution >= 0.6 is 0 Å². The number of aliphatic carboxylic acids is 2. The highest BCUT2D eigenvalue weighted by molar-refractivity contribution is 5.77. The molecule has 0 saturated heterocycles. The maximum absolute atomic E-state index is 11.0. The van der Waals surface area contributed by atoms with E-state index in [9.17, 15) is 14.7 Å². The van der Waals surface area contributed by atoms with Crippen LogP contribution < -0.4 is 4.74 Å². The Bertz CT molecular complexity index is 914. The lowest BCUT2D eigenvalue weighted by molar-refractivity contribution is -0.138. The van der Waals surface area contributed by atoms with Crippen LogP contribution in [-0.4, -0.2) is 33.9 Å². The van der Waals surface area contributed by atoms with E-state index >= 15 is 0 Å². The molecule has 0 heterocycles. The Labute approximate surface area is 182 Å². The summed E-state index contributed by atoms with van der Waals surface area (Å²) in [4.78, 5) is 21.9. The second kappa shape index (κ2) is 10.8. The minimum Gasteiger partial charge on any atom is -0.507 e. The van der Waals surface area contributed by atoms with Crippen LogP contribution in [0.3, 0.4) is 0 Å². The maximum Gasteiger partial charge on any atom is 0.303 e. The molecule has 0 radical (unpaired) electrons. The minimum absolute atomic E-state index is 0.00784. The van der Waals surface area contributed by atoms with E-state index in [0.717, 1.165) is 24.0 Å². The lowest BCUT2D eigenvalue weighted by Gasteiger charge is -2.23. The number of aryl methyl sites for hydroxylation is 2. The van der Waals surface area contributed by atoms with Crippen LogP contribution in [0.5, 0.6) is 11.5 Å². The standard InChI is InChI=1S/C25H30O6/c26-22-10-6-17(8-12-24(27)28)14-20(22)21-15-18(9-13-25(29)30)7-11-23(21)31-16-19-4-2-1-3-5-19/h6-7,10-11,14-15,19,26H,1-5,8-9,12-13,16H2,(H,27,28)(H,29,30). The zero-order valence-corrected chi connectivity index (χ0v) is 17.7. The summed E-state index contributed by atoms with van der Waals surface area (Å²) in [6.45, 7) is 0.612. The molecule has 3 N–H and O–H groups in total. The Hall–Kier alpha value is -3.02. The predicted octanol–water partition coefficient (Wildman–Crippen LogP) is 5.05. The van der Waals surface area contributed by atoms with E-state index in [0.29, 0.717) is 42.2 Å². The van der Waals surface area contributed by atoms with Gasteiger partial charge in [-0.1, -0.05) is 31.4 Å². The number of rotatable bonds is 10. The van der Waals surface area contributed by atoms with E-state index in [1.807, 2.05) is 18.2 Å².